The smallest absolute Gasteiger partial charge is 0.303 e. The normalized spacial score (nSPS) is 15.6. The molecule has 1 aromatic heterocycles. The first-order valence-corrected chi connectivity index (χ1v) is 7.75. The van der Waals surface area contributed by atoms with Gasteiger partial charge in [0.2, 0.25) is 0 Å². The van der Waals surface area contributed by atoms with Crippen LogP contribution in [0.1, 0.15) is 24.8 Å². The highest BCUT2D eigenvalue weighted by atomic mass is 32.2. The van der Waals surface area contributed by atoms with E-state index in [2.05, 4.69) is 11.1 Å². The number of benzene rings is 1. The molecule has 0 bridgehead atoms. The number of nitriles is 1. The third-order valence-corrected chi connectivity index (χ3v) is 5.15. The zero-order chi connectivity index (χ0) is 14.9. The highest BCUT2D eigenvalue weighted by Gasteiger charge is 2.44. The highest BCUT2D eigenvalue weighted by molar-refractivity contribution is 7.99. The van der Waals surface area contributed by atoms with Crippen molar-refractivity contribution >= 4 is 28.6 Å². The first-order valence-electron chi connectivity index (χ1n) is 6.76. The van der Waals surface area contributed by atoms with Crippen LogP contribution < -0.4 is 0 Å². The number of carboxylic acid groups (broad SMARTS) is 1. The lowest BCUT2D eigenvalue weighted by molar-refractivity contribution is -0.138. The molecule has 0 amide bonds. The van der Waals surface area contributed by atoms with Crippen molar-refractivity contribution in [3.05, 3.63) is 35.9 Å². The van der Waals surface area contributed by atoms with Crippen LogP contribution in [0.15, 0.2) is 35.4 Å². The number of hydrogen-bond acceptors (Lipinski definition) is 4. The summed E-state index contributed by atoms with van der Waals surface area (Å²) < 4.78 is 0. The molecule has 0 radical (unpaired) electrons. The summed E-state index contributed by atoms with van der Waals surface area (Å²) in [5.74, 6) is -0.0423. The van der Waals surface area contributed by atoms with Crippen molar-refractivity contribution in [1.29, 1.82) is 5.26 Å². The van der Waals surface area contributed by atoms with Crippen molar-refractivity contribution in [2.24, 2.45) is 5.41 Å². The minimum Gasteiger partial charge on any atom is -0.481 e. The van der Waals surface area contributed by atoms with Gasteiger partial charge in [-0.3, -0.25) is 4.79 Å². The van der Waals surface area contributed by atoms with E-state index in [4.69, 9.17) is 5.11 Å². The Bertz CT molecular complexity index is 748. The second-order valence-corrected chi connectivity index (χ2v) is 6.47. The number of thioether (sulfide) groups is 1. The van der Waals surface area contributed by atoms with Gasteiger partial charge in [-0.2, -0.15) is 5.26 Å². The number of fused-ring (bicyclic) bond motifs is 1. The lowest BCUT2D eigenvalue weighted by Gasteiger charge is -2.12. The van der Waals surface area contributed by atoms with E-state index in [0.29, 0.717) is 16.3 Å². The number of pyridine rings is 1. The molecule has 0 unspecified atom stereocenters. The lowest BCUT2D eigenvalue weighted by Crippen LogP contribution is -2.11. The monoisotopic (exact) mass is 298 g/mol. The van der Waals surface area contributed by atoms with Gasteiger partial charge in [0.15, 0.2) is 0 Å². The number of para-hydroxylation sites is 1. The Hall–Kier alpha value is -2.06. The Morgan fingerprint density at radius 2 is 2.19 bits per heavy atom. The van der Waals surface area contributed by atoms with Crippen molar-refractivity contribution in [3.8, 4) is 6.07 Å². The van der Waals surface area contributed by atoms with Crippen LogP contribution in [0.3, 0.4) is 0 Å². The van der Waals surface area contributed by atoms with Crippen molar-refractivity contribution in [1.82, 2.24) is 4.98 Å². The molecule has 1 aliphatic rings. The van der Waals surface area contributed by atoms with Crippen LogP contribution in [0.5, 0.6) is 0 Å². The van der Waals surface area contributed by atoms with Crippen molar-refractivity contribution in [2.75, 3.05) is 5.75 Å². The van der Waals surface area contributed by atoms with Gasteiger partial charge in [-0.15, -0.1) is 11.8 Å². The molecule has 106 valence electrons. The van der Waals surface area contributed by atoms with E-state index >= 15 is 0 Å². The Labute approximate surface area is 126 Å². The van der Waals surface area contributed by atoms with Crippen molar-refractivity contribution in [2.45, 2.75) is 24.3 Å². The predicted molar refractivity (Wildman–Crippen MR) is 81.1 cm³/mol. The Kier molecular flexibility index (Phi) is 3.56. The molecule has 0 spiro atoms. The molecular formula is C16H14N2O2S. The lowest BCUT2D eigenvalue weighted by atomic mass is 10.1. The predicted octanol–water partition coefficient (Wildman–Crippen LogP) is 3.45. The maximum absolute atomic E-state index is 10.9. The summed E-state index contributed by atoms with van der Waals surface area (Å²) in [7, 11) is 0. The fraction of sp³-hybridized carbons (Fsp3) is 0.312. The molecule has 0 atom stereocenters. The first-order chi connectivity index (χ1) is 10.1. The molecule has 1 heterocycles. The van der Waals surface area contributed by atoms with E-state index in [-0.39, 0.29) is 11.8 Å². The summed E-state index contributed by atoms with van der Waals surface area (Å²) >= 11 is 1.50. The Balaban J connectivity index is 1.83. The molecule has 1 fully saturated rings. The SMILES string of the molecule is N#Cc1cc2ccccc2nc1SCC1(CC(=O)O)CC1. The van der Waals surface area contributed by atoms with Crippen LogP contribution >= 0.6 is 11.8 Å². The standard InChI is InChI=1S/C16H14N2O2S/c17-9-12-7-11-3-1-2-4-13(11)18-15(12)21-10-16(5-6-16)8-14(19)20/h1-4,7H,5-6,8,10H2,(H,19,20). The molecule has 4 nitrogen and oxygen atoms in total. The topological polar surface area (TPSA) is 74.0 Å². The summed E-state index contributed by atoms with van der Waals surface area (Å²) in [4.78, 5) is 15.4. The van der Waals surface area contributed by atoms with Crippen LogP contribution in [0.25, 0.3) is 10.9 Å². The molecule has 1 aromatic carbocycles. The molecule has 1 aliphatic carbocycles. The van der Waals surface area contributed by atoms with Gasteiger partial charge in [0.05, 0.1) is 17.5 Å². The number of carbonyl (C=O) groups is 1. The zero-order valence-corrected chi connectivity index (χ0v) is 12.2. The van der Waals surface area contributed by atoms with Crippen LogP contribution in [-0.2, 0) is 4.79 Å². The van der Waals surface area contributed by atoms with E-state index in [9.17, 15) is 10.1 Å². The van der Waals surface area contributed by atoms with Crippen molar-refractivity contribution < 1.29 is 9.90 Å². The molecule has 0 saturated heterocycles. The van der Waals surface area contributed by atoms with Gasteiger partial charge < -0.3 is 5.11 Å². The second-order valence-electron chi connectivity index (χ2n) is 5.50. The fourth-order valence-electron chi connectivity index (χ4n) is 2.38. The summed E-state index contributed by atoms with van der Waals surface area (Å²) in [6.45, 7) is 0. The van der Waals surface area contributed by atoms with Gasteiger partial charge >= 0.3 is 5.97 Å². The third kappa shape index (κ3) is 3.01. The minimum absolute atomic E-state index is 0.101. The molecule has 21 heavy (non-hydrogen) atoms. The van der Waals surface area contributed by atoms with E-state index in [1.54, 1.807) is 0 Å². The van der Waals surface area contributed by atoms with Gasteiger partial charge in [0, 0.05) is 11.1 Å². The van der Waals surface area contributed by atoms with Gasteiger partial charge in [0.25, 0.3) is 0 Å². The maximum Gasteiger partial charge on any atom is 0.303 e. The Morgan fingerprint density at radius 1 is 1.43 bits per heavy atom. The maximum atomic E-state index is 10.9. The van der Waals surface area contributed by atoms with E-state index in [1.807, 2.05) is 30.3 Å². The zero-order valence-electron chi connectivity index (χ0n) is 11.4. The number of carboxylic acids is 1. The number of hydrogen-bond donors (Lipinski definition) is 1. The average molecular weight is 298 g/mol. The molecule has 1 saturated carbocycles. The van der Waals surface area contributed by atoms with Crippen molar-refractivity contribution in [3.63, 3.8) is 0 Å². The average Bonchev–Trinajstić information content (AvgIpc) is 3.23. The number of aromatic nitrogens is 1. The minimum atomic E-state index is -0.750. The highest BCUT2D eigenvalue weighted by Crippen LogP contribution is 2.52. The third-order valence-electron chi connectivity index (χ3n) is 3.81. The van der Waals surface area contributed by atoms with Crippen LogP contribution in [0, 0.1) is 16.7 Å². The molecule has 1 N–H and O–H groups in total. The van der Waals surface area contributed by atoms with E-state index in [1.165, 1.54) is 11.8 Å². The van der Waals surface area contributed by atoms with E-state index in [0.717, 1.165) is 23.7 Å². The van der Waals surface area contributed by atoms with Crippen LogP contribution in [0.4, 0.5) is 0 Å². The molecule has 3 rings (SSSR count). The summed E-state index contributed by atoms with van der Waals surface area (Å²) in [5.41, 5.74) is 1.32. The molecule has 0 aliphatic heterocycles. The van der Waals surface area contributed by atoms with E-state index < -0.39 is 5.97 Å². The second kappa shape index (κ2) is 5.38. The van der Waals surface area contributed by atoms with Gasteiger partial charge in [-0.1, -0.05) is 18.2 Å². The fourth-order valence-corrected chi connectivity index (χ4v) is 3.64. The largest absolute Gasteiger partial charge is 0.481 e. The number of rotatable bonds is 5. The molecular weight excluding hydrogens is 284 g/mol. The van der Waals surface area contributed by atoms with Gasteiger partial charge in [-0.25, -0.2) is 4.98 Å². The first kappa shape index (κ1) is 13.9. The Morgan fingerprint density at radius 3 is 2.86 bits per heavy atom. The van der Waals surface area contributed by atoms with Crippen LogP contribution in [0.2, 0.25) is 0 Å². The summed E-state index contributed by atoms with van der Waals surface area (Å²) in [6.07, 6.45) is 2.10. The number of aliphatic carboxylic acids is 1. The number of nitrogens with zero attached hydrogens (tertiary/aromatic N) is 2. The van der Waals surface area contributed by atoms with Gasteiger partial charge in [-0.05, 0) is 30.4 Å². The van der Waals surface area contributed by atoms with Crippen LogP contribution in [-0.4, -0.2) is 21.8 Å². The molecule has 5 heteroatoms. The quantitative estimate of drug-likeness (QED) is 0.856. The molecule has 2 aromatic rings. The van der Waals surface area contributed by atoms with Gasteiger partial charge in [0.1, 0.15) is 11.1 Å². The summed E-state index contributed by atoms with van der Waals surface area (Å²) in [6, 6.07) is 11.7. The summed E-state index contributed by atoms with van der Waals surface area (Å²) in [5, 5.41) is 19.9.